The van der Waals surface area contributed by atoms with Gasteiger partial charge in [0.05, 0.1) is 5.41 Å². The number of nitrogens with zero attached hydrogens (tertiary/aromatic N) is 1. The van der Waals surface area contributed by atoms with Gasteiger partial charge in [-0.2, -0.15) is 0 Å². The summed E-state index contributed by atoms with van der Waals surface area (Å²) in [5.74, 6) is -0.680. The van der Waals surface area contributed by atoms with Crippen LogP contribution < -0.4 is 0 Å². The van der Waals surface area contributed by atoms with Gasteiger partial charge in [0.25, 0.3) is 0 Å². The molecule has 0 amide bonds. The van der Waals surface area contributed by atoms with Gasteiger partial charge in [-0.05, 0) is 31.9 Å². The maximum Gasteiger partial charge on any atom is 0.310 e. The van der Waals surface area contributed by atoms with Crippen molar-refractivity contribution < 1.29 is 9.90 Å². The van der Waals surface area contributed by atoms with Gasteiger partial charge in [-0.3, -0.25) is 9.78 Å². The van der Waals surface area contributed by atoms with E-state index in [0.717, 1.165) is 24.2 Å². The third-order valence-electron chi connectivity index (χ3n) is 2.77. The Morgan fingerprint density at radius 1 is 1.57 bits per heavy atom. The second kappa shape index (κ2) is 3.08. The molecule has 1 aliphatic rings. The predicted octanol–water partition coefficient (Wildman–Crippen LogP) is 1.80. The average molecular weight is 191 g/mol. The van der Waals surface area contributed by atoms with Crippen LogP contribution in [0.25, 0.3) is 0 Å². The maximum atomic E-state index is 10.9. The summed E-state index contributed by atoms with van der Waals surface area (Å²) in [6.45, 7) is 1.92. The number of hydrogen-bond acceptors (Lipinski definition) is 2. The molecule has 0 saturated heterocycles. The topological polar surface area (TPSA) is 50.2 Å². The smallest absolute Gasteiger partial charge is 0.310 e. The first-order valence-electron chi connectivity index (χ1n) is 4.78. The number of pyridine rings is 1. The molecule has 1 fully saturated rings. The second-order valence-corrected chi connectivity index (χ2v) is 4.03. The fourth-order valence-corrected chi connectivity index (χ4v) is 1.66. The summed E-state index contributed by atoms with van der Waals surface area (Å²) in [7, 11) is 0. The zero-order valence-corrected chi connectivity index (χ0v) is 8.16. The minimum atomic E-state index is -0.680. The Labute approximate surface area is 82.8 Å². The Bertz CT molecular complexity index is 369. The number of carboxylic acids is 1. The zero-order valence-electron chi connectivity index (χ0n) is 8.16. The van der Waals surface area contributed by atoms with E-state index >= 15 is 0 Å². The van der Waals surface area contributed by atoms with Crippen molar-refractivity contribution in [3.05, 3.63) is 29.6 Å². The molecule has 0 spiro atoms. The zero-order chi connectivity index (χ0) is 10.2. The van der Waals surface area contributed by atoms with E-state index in [0.29, 0.717) is 6.42 Å². The van der Waals surface area contributed by atoms with Crippen LogP contribution in [0, 0.1) is 12.3 Å². The van der Waals surface area contributed by atoms with Gasteiger partial charge in [-0.15, -0.1) is 0 Å². The lowest BCUT2D eigenvalue weighted by Crippen LogP contribution is -2.18. The van der Waals surface area contributed by atoms with Crippen molar-refractivity contribution in [1.29, 1.82) is 0 Å². The average Bonchev–Trinajstić information content (AvgIpc) is 2.85. The molecule has 1 aromatic heterocycles. The Kier molecular flexibility index (Phi) is 2.02. The molecule has 3 heteroatoms. The minimum absolute atomic E-state index is 0.499. The Morgan fingerprint density at radius 2 is 2.29 bits per heavy atom. The molecule has 0 radical (unpaired) electrons. The molecule has 1 saturated carbocycles. The van der Waals surface area contributed by atoms with Gasteiger partial charge in [-0.1, -0.05) is 6.07 Å². The molecule has 1 heterocycles. The van der Waals surface area contributed by atoms with Crippen LogP contribution in [0.2, 0.25) is 0 Å². The lowest BCUT2D eigenvalue weighted by Gasteiger charge is -2.08. The number of aromatic nitrogens is 1. The lowest BCUT2D eigenvalue weighted by molar-refractivity contribution is -0.143. The highest BCUT2D eigenvalue weighted by atomic mass is 16.4. The fraction of sp³-hybridized carbons (Fsp3) is 0.455. The molecule has 74 valence electrons. The van der Waals surface area contributed by atoms with E-state index in [2.05, 4.69) is 4.98 Å². The maximum absolute atomic E-state index is 10.9. The molecule has 0 aromatic carbocycles. The fourth-order valence-electron chi connectivity index (χ4n) is 1.66. The van der Waals surface area contributed by atoms with E-state index in [1.54, 1.807) is 0 Å². The summed E-state index contributed by atoms with van der Waals surface area (Å²) >= 11 is 0. The Morgan fingerprint density at radius 3 is 2.79 bits per heavy atom. The number of carbonyl (C=O) groups is 1. The molecule has 0 bridgehead atoms. The predicted molar refractivity (Wildman–Crippen MR) is 52.0 cm³/mol. The van der Waals surface area contributed by atoms with Crippen LogP contribution >= 0.6 is 0 Å². The molecule has 1 aromatic rings. The van der Waals surface area contributed by atoms with Crippen LogP contribution in [0.4, 0.5) is 0 Å². The van der Waals surface area contributed by atoms with Crippen LogP contribution in [0.3, 0.4) is 0 Å². The standard InChI is InChI=1S/C11H13NO2/c1-8-3-2-4-9(12-8)7-11(5-6-11)10(13)14/h2-4H,5-7H2,1H3,(H,13,14). The monoisotopic (exact) mass is 191 g/mol. The van der Waals surface area contributed by atoms with E-state index in [1.165, 1.54) is 0 Å². The summed E-state index contributed by atoms with van der Waals surface area (Å²) in [6, 6.07) is 5.75. The van der Waals surface area contributed by atoms with Crippen molar-refractivity contribution in [2.45, 2.75) is 26.2 Å². The van der Waals surface area contributed by atoms with Crippen LogP contribution in [0.1, 0.15) is 24.2 Å². The highest BCUT2D eigenvalue weighted by Crippen LogP contribution is 2.48. The van der Waals surface area contributed by atoms with Gasteiger partial charge in [0, 0.05) is 17.8 Å². The van der Waals surface area contributed by atoms with Gasteiger partial charge in [-0.25, -0.2) is 0 Å². The van der Waals surface area contributed by atoms with Crippen molar-refractivity contribution in [2.24, 2.45) is 5.41 Å². The van der Waals surface area contributed by atoms with Crippen molar-refractivity contribution in [3.8, 4) is 0 Å². The first-order chi connectivity index (χ1) is 6.62. The highest BCUT2D eigenvalue weighted by molar-refractivity contribution is 5.78. The van der Waals surface area contributed by atoms with Gasteiger partial charge in [0.1, 0.15) is 0 Å². The quantitative estimate of drug-likeness (QED) is 0.792. The summed E-state index contributed by atoms with van der Waals surface area (Å²) in [6.07, 6.45) is 2.15. The third kappa shape index (κ3) is 1.62. The van der Waals surface area contributed by atoms with E-state index in [-0.39, 0.29) is 0 Å². The number of hydrogen-bond donors (Lipinski definition) is 1. The Hall–Kier alpha value is -1.38. The van der Waals surface area contributed by atoms with Crippen LogP contribution in [0.5, 0.6) is 0 Å². The van der Waals surface area contributed by atoms with E-state index in [4.69, 9.17) is 5.11 Å². The molecule has 0 aliphatic heterocycles. The van der Waals surface area contributed by atoms with Gasteiger partial charge >= 0.3 is 5.97 Å². The largest absolute Gasteiger partial charge is 0.481 e. The number of carboxylic acid groups (broad SMARTS) is 1. The molecule has 3 nitrogen and oxygen atoms in total. The van der Waals surface area contributed by atoms with Crippen molar-refractivity contribution in [3.63, 3.8) is 0 Å². The lowest BCUT2D eigenvalue weighted by atomic mass is 10.0. The molecule has 14 heavy (non-hydrogen) atoms. The van der Waals surface area contributed by atoms with Gasteiger partial charge < -0.3 is 5.11 Å². The molecule has 2 rings (SSSR count). The number of rotatable bonds is 3. The first-order valence-corrected chi connectivity index (χ1v) is 4.78. The second-order valence-electron chi connectivity index (χ2n) is 4.03. The summed E-state index contributed by atoms with van der Waals surface area (Å²) in [4.78, 5) is 15.3. The van der Waals surface area contributed by atoms with Crippen molar-refractivity contribution in [2.75, 3.05) is 0 Å². The third-order valence-corrected chi connectivity index (χ3v) is 2.77. The minimum Gasteiger partial charge on any atom is -0.481 e. The molecular formula is C11H13NO2. The molecule has 1 N–H and O–H groups in total. The summed E-state index contributed by atoms with van der Waals surface area (Å²) in [5, 5.41) is 9.01. The van der Waals surface area contributed by atoms with E-state index < -0.39 is 11.4 Å². The van der Waals surface area contributed by atoms with Gasteiger partial charge in [0.2, 0.25) is 0 Å². The molecule has 0 unspecified atom stereocenters. The van der Waals surface area contributed by atoms with E-state index in [9.17, 15) is 4.79 Å². The van der Waals surface area contributed by atoms with Crippen molar-refractivity contribution >= 4 is 5.97 Å². The first kappa shape index (κ1) is 9.19. The SMILES string of the molecule is Cc1cccc(CC2(C(=O)O)CC2)n1. The van der Waals surface area contributed by atoms with Crippen LogP contribution in [-0.4, -0.2) is 16.1 Å². The normalized spacial score (nSPS) is 17.8. The van der Waals surface area contributed by atoms with Gasteiger partial charge in [0.15, 0.2) is 0 Å². The van der Waals surface area contributed by atoms with E-state index in [1.807, 2.05) is 25.1 Å². The summed E-state index contributed by atoms with van der Waals surface area (Å²) in [5.41, 5.74) is 1.34. The molecule has 1 aliphatic carbocycles. The summed E-state index contributed by atoms with van der Waals surface area (Å²) < 4.78 is 0. The van der Waals surface area contributed by atoms with Crippen LogP contribution in [0.15, 0.2) is 18.2 Å². The Balaban J connectivity index is 2.15. The number of aryl methyl sites for hydroxylation is 1. The number of aliphatic carboxylic acids is 1. The highest BCUT2D eigenvalue weighted by Gasteiger charge is 2.50. The molecule has 0 atom stereocenters. The molecular weight excluding hydrogens is 178 g/mol. The van der Waals surface area contributed by atoms with Crippen LogP contribution in [-0.2, 0) is 11.2 Å². The van der Waals surface area contributed by atoms with Crippen molar-refractivity contribution in [1.82, 2.24) is 4.98 Å².